The molecule has 0 spiro atoms. The summed E-state index contributed by atoms with van der Waals surface area (Å²) in [5, 5.41) is 12.9. The van der Waals surface area contributed by atoms with Gasteiger partial charge in [-0.05, 0) is 48.1 Å². The van der Waals surface area contributed by atoms with Crippen molar-refractivity contribution >= 4 is 22.6 Å². The van der Waals surface area contributed by atoms with Crippen molar-refractivity contribution in [3.63, 3.8) is 0 Å². The van der Waals surface area contributed by atoms with Gasteiger partial charge in [-0.2, -0.15) is 0 Å². The van der Waals surface area contributed by atoms with Gasteiger partial charge in [0, 0.05) is 36.4 Å². The first-order chi connectivity index (χ1) is 12.8. The summed E-state index contributed by atoms with van der Waals surface area (Å²) in [4.78, 5) is 18.6. The highest BCUT2D eigenvalue weighted by molar-refractivity contribution is 5.84. The maximum Gasteiger partial charge on any atom is 0.243 e. The molecule has 2 aromatic heterocycles. The van der Waals surface area contributed by atoms with Crippen LogP contribution in [-0.4, -0.2) is 27.6 Å². The Labute approximate surface area is 152 Å². The molecule has 0 aliphatic rings. The Morgan fingerprint density at radius 1 is 1.04 bits per heavy atom. The molecule has 0 radical (unpaired) electrons. The van der Waals surface area contributed by atoms with Crippen LogP contribution in [0.3, 0.4) is 0 Å². The molecular weight excluding hydrogens is 328 g/mol. The van der Waals surface area contributed by atoms with E-state index in [2.05, 4.69) is 45.6 Å². The fourth-order valence-corrected chi connectivity index (χ4v) is 2.93. The Morgan fingerprint density at radius 2 is 1.88 bits per heavy atom. The van der Waals surface area contributed by atoms with Gasteiger partial charge in [-0.1, -0.05) is 25.0 Å². The van der Waals surface area contributed by atoms with Crippen LogP contribution in [0.4, 0.5) is 5.82 Å². The lowest BCUT2D eigenvalue weighted by molar-refractivity contribution is -0.129. The highest BCUT2D eigenvalue weighted by Gasteiger charge is 2.02. The number of aromatic nitrogens is 2. The van der Waals surface area contributed by atoms with E-state index in [0.29, 0.717) is 6.42 Å². The number of fused-ring (bicyclic) bond motifs is 1. The predicted molar refractivity (Wildman–Crippen MR) is 103 cm³/mol. The number of hydrogen-bond donors (Lipinski definition) is 4. The summed E-state index contributed by atoms with van der Waals surface area (Å²) in [5.74, 6) is 0.553. The quantitative estimate of drug-likeness (QED) is 0.265. The molecule has 3 rings (SSSR count). The molecule has 0 bridgehead atoms. The van der Waals surface area contributed by atoms with Gasteiger partial charge in [0.1, 0.15) is 5.82 Å². The van der Waals surface area contributed by atoms with E-state index in [4.69, 9.17) is 5.21 Å². The lowest BCUT2D eigenvalue weighted by Crippen LogP contribution is -2.17. The first kappa shape index (κ1) is 17.9. The molecule has 0 atom stereocenters. The number of hydrogen-bond acceptors (Lipinski definition) is 4. The Kier molecular flexibility index (Phi) is 6.22. The number of amides is 1. The van der Waals surface area contributed by atoms with Gasteiger partial charge in [0.25, 0.3) is 0 Å². The first-order valence-corrected chi connectivity index (χ1v) is 8.96. The number of benzene rings is 1. The van der Waals surface area contributed by atoms with Gasteiger partial charge in [-0.3, -0.25) is 10.0 Å². The molecule has 2 heterocycles. The number of nitrogens with zero attached hydrogens (tertiary/aromatic N) is 1. The molecule has 0 aliphatic heterocycles. The van der Waals surface area contributed by atoms with Crippen molar-refractivity contribution in [1.82, 2.24) is 15.4 Å². The van der Waals surface area contributed by atoms with Crippen LogP contribution in [0.5, 0.6) is 0 Å². The lowest BCUT2D eigenvalue weighted by Gasteiger charge is -2.07. The smallest absolute Gasteiger partial charge is 0.243 e. The van der Waals surface area contributed by atoms with E-state index in [9.17, 15) is 4.79 Å². The molecule has 0 saturated carbocycles. The van der Waals surface area contributed by atoms with Crippen molar-refractivity contribution in [2.75, 3.05) is 11.9 Å². The number of nitrogens with one attached hydrogen (secondary N) is 3. The topological polar surface area (TPSA) is 90.0 Å². The van der Waals surface area contributed by atoms with Crippen LogP contribution in [0.25, 0.3) is 22.0 Å². The molecule has 136 valence electrons. The number of pyridine rings is 1. The van der Waals surface area contributed by atoms with E-state index < -0.39 is 0 Å². The molecule has 26 heavy (non-hydrogen) atoms. The lowest BCUT2D eigenvalue weighted by atomic mass is 10.1. The molecule has 1 aromatic carbocycles. The molecule has 3 aromatic rings. The van der Waals surface area contributed by atoms with E-state index in [1.165, 1.54) is 5.39 Å². The number of H-pyrrole nitrogens is 1. The minimum Gasteiger partial charge on any atom is -0.370 e. The average molecular weight is 352 g/mol. The maximum absolute atomic E-state index is 10.9. The van der Waals surface area contributed by atoms with E-state index in [1.54, 1.807) is 5.48 Å². The summed E-state index contributed by atoms with van der Waals surface area (Å²) in [6.07, 6.45) is 8.04. The fraction of sp³-hybridized carbons (Fsp3) is 0.300. The van der Waals surface area contributed by atoms with Crippen LogP contribution in [0.2, 0.25) is 0 Å². The van der Waals surface area contributed by atoms with Crippen molar-refractivity contribution < 1.29 is 10.0 Å². The van der Waals surface area contributed by atoms with Crippen LogP contribution in [0, 0.1) is 0 Å². The van der Waals surface area contributed by atoms with Crippen molar-refractivity contribution in [1.29, 1.82) is 0 Å². The number of carbonyl (C=O) groups excluding carboxylic acids is 1. The highest BCUT2D eigenvalue weighted by atomic mass is 16.5. The molecule has 6 heteroatoms. The molecule has 0 fully saturated rings. The monoisotopic (exact) mass is 352 g/mol. The van der Waals surface area contributed by atoms with Gasteiger partial charge < -0.3 is 10.3 Å². The third kappa shape index (κ3) is 4.83. The Balaban J connectivity index is 1.42. The number of rotatable bonds is 9. The van der Waals surface area contributed by atoms with E-state index in [1.807, 2.05) is 18.5 Å². The first-order valence-electron chi connectivity index (χ1n) is 8.96. The third-order valence-corrected chi connectivity index (χ3v) is 4.41. The summed E-state index contributed by atoms with van der Waals surface area (Å²) >= 11 is 0. The SMILES string of the molecule is O=C(CCCCCCNc1ccc(-c2ccc3cc[nH]c3c2)cn1)NO. The molecule has 6 nitrogen and oxygen atoms in total. The molecule has 1 amide bonds. The zero-order valence-corrected chi connectivity index (χ0v) is 14.7. The zero-order valence-electron chi connectivity index (χ0n) is 14.7. The number of unbranched alkanes of at least 4 members (excludes halogenated alkanes) is 3. The Hall–Kier alpha value is -2.86. The summed E-state index contributed by atoms with van der Waals surface area (Å²) in [5.41, 5.74) is 5.01. The second-order valence-corrected chi connectivity index (χ2v) is 6.34. The third-order valence-electron chi connectivity index (χ3n) is 4.41. The molecular formula is C20H24N4O2. The van der Waals surface area contributed by atoms with Gasteiger partial charge in [-0.25, -0.2) is 10.5 Å². The van der Waals surface area contributed by atoms with Gasteiger partial charge in [0.05, 0.1) is 0 Å². The maximum atomic E-state index is 10.9. The highest BCUT2D eigenvalue weighted by Crippen LogP contribution is 2.24. The van der Waals surface area contributed by atoms with Gasteiger partial charge in [0.15, 0.2) is 0 Å². The van der Waals surface area contributed by atoms with Crippen LogP contribution >= 0.6 is 0 Å². The van der Waals surface area contributed by atoms with Crippen molar-refractivity contribution in [3.8, 4) is 11.1 Å². The van der Waals surface area contributed by atoms with Crippen LogP contribution in [-0.2, 0) is 4.79 Å². The Bertz CT molecular complexity index is 842. The van der Waals surface area contributed by atoms with Gasteiger partial charge in [0.2, 0.25) is 5.91 Å². The number of anilines is 1. The molecule has 4 N–H and O–H groups in total. The number of carbonyl (C=O) groups is 1. The zero-order chi connectivity index (χ0) is 18.2. The largest absolute Gasteiger partial charge is 0.370 e. The molecule has 0 saturated heterocycles. The van der Waals surface area contributed by atoms with Gasteiger partial charge >= 0.3 is 0 Å². The fourth-order valence-electron chi connectivity index (χ4n) is 2.93. The van der Waals surface area contributed by atoms with Crippen molar-refractivity contribution in [2.45, 2.75) is 32.1 Å². The molecule has 0 unspecified atom stereocenters. The van der Waals surface area contributed by atoms with Gasteiger partial charge in [-0.15, -0.1) is 0 Å². The minimum absolute atomic E-state index is 0.317. The number of hydroxylamine groups is 1. The van der Waals surface area contributed by atoms with Crippen molar-refractivity contribution in [3.05, 3.63) is 48.8 Å². The second kappa shape index (κ2) is 9.01. The normalized spacial score (nSPS) is 10.8. The molecule has 0 aliphatic carbocycles. The van der Waals surface area contributed by atoms with Crippen molar-refractivity contribution in [2.24, 2.45) is 0 Å². The van der Waals surface area contributed by atoms with Crippen LogP contribution in [0.15, 0.2) is 48.8 Å². The number of aromatic amines is 1. The standard InChI is InChI=1S/C20H24N4O2/c25-20(24-26)5-3-1-2-4-11-22-19-9-8-17(14-23-19)16-7-6-15-10-12-21-18(15)13-16/h6-10,12-14,21,26H,1-5,11H2,(H,22,23)(H,24,25). The summed E-state index contributed by atoms with van der Waals surface area (Å²) in [6, 6.07) is 12.5. The van der Waals surface area contributed by atoms with E-state index >= 15 is 0 Å². The Morgan fingerprint density at radius 3 is 2.69 bits per heavy atom. The summed E-state index contributed by atoms with van der Waals surface area (Å²) in [7, 11) is 0. The predicted octanol–water partition coefficient (Wildman–Crippen LogP) is 4.10. The summed E-state index contributed by atoms with van der Waals surface area (Å²) < 4.78 is 0. The second-order valence-electron chi connectivity index (χ2n) is 6.34. The van der Waals surface area contributed by atoms with Crippen LogP contribution in [0.1, 0.15) is 32.1 Å². The van der Waals surface area contributed by atoms with E-state index in [0.717, 1.165) is 54.7 Å². The average Bonchev–Trinajstić information content (AvgIpc) is 3.15. The van der Waals surface area contributed by atoms with Crippen LogP contribution < -0.4 is 10.8 Å². The van der Waals surface area contributed by atoms with E-state index in [-0.39, 0.29) is 5.91 Å². The summed E-state index contributed by atoms with van der Waals surface area (Å²) in [6.45, 7) is 0.854. The minimum atomic E-state index is -0.317.